The van der Waals surface area contributed by atoms with Crippen LogP contribution in [0.2, 0.25) is 0 Å². The Morgan fingerprint density at radius 2 is 1.88 bits per heavy atom. The first-order valence-corrected chi connectivity index (χ1v) is 9.86. The standard InChI is InChI=1S/C17H13Br2N3O2S/c1-10-2-4-11(5-3-10)16-21-22-17(24-16)25-9-15(23)20-12-6-7-13(18)14(19)8-12/h2-8H,9H2,1H3,(H,20,23). The Bertz CT molecular complexity index is 897. The van der Waals surface area contributed by atoms with Gasteiger partial charge in [0, 0.05) is 20.2 Å². The average Bonchev–Trinajstić information content (AvgIpc) is 3.06. The van der Waals surface area contributed by atoms with Crippen molar-refractivity contribution in [3.8, 4) is 11.5 Å². The highest BCUT2D eigenvalue weighted by atomic mass is 79.9. The molecule has 2 aromatic carbocycles. The molecule has 0 bridgehead atoms. The van der Waals surface area contributed by atoms with Gasteiger partial charge in [-0.05, 0) is 69.1 Å². The molecular formula is C17H13Br2N3O2S. The van der Waals surface area contributed by atoms with Gasteiger partial charge in [0.2, 0.25) is 11.8 Å². The number of halogens is 2. The van der Waals surface area contributed by atoms with Crippen molar-refractivity contribution < 1.29 is 9.21 Å². The molecule has 3 aromatic rings. The molecule has 0 spiro atoms. The van der Waals surface area contributed by atoms with E-state index in [0.717, 1.165) is 20.1 Å². The Kier molecular flexibility index (Phi) is 5.93. The van der Waals surface area contributed by atoms with Crippen molar-refractivity contribution in [3.05, 3.63) is 57.0 Å². The highest BCUT2D eigenvalue weighted by Crippen LogP contribution is 2.27. The van der Waals surface area contributed by atoms with E-state index < -0.39 is 0 Å². The van der Waals surface area contributed by atoms with Gasteiger partial charge in [-0.2, -0.15) is 0 Å². The lowest BCUT2D eigenvalue weighted by Crippen LogP contribution is -2.13. The van der Waals surface area contributed by atoms with Gasteiger partial charge in [0.05, 0.1) is 5.75 Å². The number of hydrogen-bond donors (Lipinski definition) is 1. The number of thioether (sulfide) groups is 1. The SMILES string of the molecule is Cc1ccc(-c2nnc(SCC(=O)Nc3ccc(Br)c(Br)c3)o2)cc1. The fourth-order valence-electron chi connectivity index (χ4n) is 1.98. The Morgan fingerprint density at radius 1 is 1.12 bits per heavy atom. The summed E-state index contributed by atoms with van der Waals surface area (Å²) in [7, 11) is 0. The summed E-state index contributed by atoms with van der Waals surface area (Å²) in [5.41, 5.74) is 2.73. The maximum atomic E-state index is 12.0. The number of aryl methyl sites for hydroxylation is 1. The van der Waals surface area contributed by atoms with E-state index in [1.54, 1.807) is 0 Å². The van der Waals surface area contributed by atoms with E-state index in [-0.39, 0.29) is 11.7 Å². The molecule has 0 saturated carbocycles. The predicted octanol–water partition coefficient (Wildman–Crippen LogP) is 5.30. The molecule has 0 fully saturated rings. The molecule has 1 aromatic heterocycles. The van der Waals surface area contributed by atoms with Crippen molar-refractivity contribution >= 4 is 55.2 Å². The number of carbonyl (C=O) groups excluding carboxylic acids is 1. The minimum absolute atomic E-state index is 0.144. The van der Waals surface area contributed by atoms with Crippen LogP contribution in [0.1, 0.15) is 5.56 Å². The number of benzene rings is 2. The summed E-state index contributed by atoms with van der Waals surface area (Å²) in [4.78, 5) is 12.0. The van der Waals surface area contributed by atoms with Crippen LogP contribution in [0.3, 0.4) is 0 Å². The summed E-state index contributed by atoms with van der Waals surface area (Å²) >= 11 is 8.00. The highest BCUT2D eigenvalue weighted by Gasteiger charge is 2.11. The zero-order valence-corrected chi connectivity index (χ0v) is 17.1. The van der Waals surface area contributed by atoms with Crippen molar-refractivity contribution in [2.24, 2.45) is 0 Å². The van der Waals surface area contributed by atoms with E-state index in [2.05, 4.69) is 47.4 Å². The van der Waals surface area contributed by atoms with Crippen LogP contribution >= 0.6 is 43.6 Å². The van der Waals surface area contributed by atoms with Crippen LogP contribution in [0.15, 0.2) is 61.0 Å². The second kappa shape index (κ2) is 8.16. The average molecular weight is 483 g/mol. The van der Waals surface area contributed by atoms with Gasteiger partial charge in [-0.3, -0.25) is 4.79 Å². The van der Waals surface area contributed by atoms with E-state index in [1.807, 2.05) is 49.4 Å². The lowest BCUT2D eigenvalue weighted by Gasteiger charge is -2.05. The molecule has 128 valence electrons. The van der Waals surface area contributed by atoms with Crippen LogP contribution in [0.25, 0.3) is 11.5 Å². The summed E-state index contributed by atoms with van der Waals surface area (Å²) in [6.07, 6.45) is 0. The smallest absolute Gasteiger partial charge is 0.277 e. The van der Waals surface area contributed by atoms with Gasteiger partial charge in [-0.1, -0.05) is 29.5 Å². The largest absolute Gasteiger partial charge is 0.411 e. The van der Waals surface area contributed by atoms with Crippen LogP contribution < -0.4 is 5.32 Å². The van der Waals surface area contributed by atoms with Gasteiger partial charge in [0.25, 0.3) is 5.22 Å². The fraction of sp³-hybridized carbons (Fsp3) is 0.118. The minimum atomic E-state index is -0.144. The topological polar surface area (TPSA) is 68.0 Å². The first-order valence-electron chi connectivity index (χ1n) is 7.29. The van der Waals surface area contributed by atoms with Crippen LogP contribution in [0.4, 0.5) is 5.69 Å². The van der Waals surface area contributed by atoms with Crippen LogP contribution in [-0.2, 0) is 4.79 Å². The molecule has 25 heavy (non-hydrogen) atoms. The first kappa shape index (κ1) is 18.2. The third-order valence-corrected chi connectivity index (χ3v) is 5.93. The number of amides is 1. The van der Waals surface area contributed by atoms with E-state index in [4.69, 9.17) is 4.42 Å². The quantitative estimate of drug-likeness (QED) is 0.499. The van der Waals surface area contributed by atoms with Gasteiger partial charge in [0.1, 0.15) is 0 Å². The lowest BCUT2D eigenvalue weighted by atomic mass is 10.1. The van der Waals surface area contributed by atoms with Gasteiger partial charge in [-0.25, -0.2) is 0 Å². The zero-order valence-electron chi connectivity index (χ0n) is 13.1. The van der Waals surface area contributed by atoms with E-state index in [1.165, 1.54) is 11.8 Å². The first-order chi connectivity index (χ1) is 12.0. The third kappa shape index (κ3) is 4.93. The number of aromatic nitrogens is 2. The molecule has 0 aliphatic carbocycles. The highest BCUT2D eigenvalue weighted by molar-refractivity contribution is 9.13. The molecular weight excluding hydrogens is 470 g/mol. The Morgan fingerprint density at radius 3 is 2.60 bits per heavy atom. The molecule has 0 unspecified atom stereocenters. The van der Waals surface area contributed by atoms with Crippen LogP contribution in [-0.4, -0.2) is 21.9 Å². The molecule has 0 radical (unpaired) electrons. The van der Waals surface area contributed by atoms with E-state index >= 15 is 0 Å². The minimum Gasteiger partial charge on any atom is -0.411 e. The molecule has 8 heteroatoms. The van der Waals surface area contributed by atoms with Crippen molar-refractivity contribution in [1.82, 2.24) is 10.2 Å². The van der Waals surface area contributed by atoms with Gasteiger partial charge in [-0.15, -0.1) is 10.2 Å². The van der Waals surface area contributed by atoms with Gasteiger partial charge in [0.15, 0.2) is 0 Å². The summed E-state index contributed by atoms with van der Waals surface area (Å²) in [5, 5.41) is 11.2. The third-order valence-electron chi connectivity index (χ3n) is 3.24. The molecule has 0 saturated heterocycles. The summed E-state index contributed by atoms with van der Waals surface area (Å²) in [6, 6.07) is 13.3. The Hall–Kier alpha value is -1.64. The second-order valence-electron chi connectivity index (χ2n) is 5.20. The predicted molar refractivity (Wildman–Crippen MR) is 106 cm³/mol. The van der Waals surface area contributed by atoms with Gasteiger partial charge >= 0.3 is 0 Å². The number of nitrogens with zero attached hydrogens (tertiary/aromatic N) is 2. The molecule has 1 N–H and O–H groups in total. The van der Waals surface area contributed by atoms with Crippen molar-refractivity contribution in [3.63, 3.8) is 0 Å². The maximum absolute atomic E-state index is 12.0. The fourth-order valence-corrected chi connectivity index (χ4v) is 3.17. The number of hydrogen-bond acceptors (Lipinski definition) is 5. The Labute approximate surface area is 165 Å². The lowest BCUT2D eigenvalue weighted by molar-refractivity contribution is -0.113. The monoisotopic (exact) mass is 481 g/mol. The van der Waals surface area contributed by atoms with Crippen LogP contribution in [0.5, 0.6) is 0 Å². The number of rotatable bonds is 5. The zero-order chi connectivity index (χ0) is 17.8. The maximum Gasteiger partial charge on any atom is 0.277 e. The summed E-state index contributed by atoms with van der Waals surface area (Å²) < 4.78 is 7.39. The van der Waals surface area contributed by atoms with E-state index in [9.17, 15) is 4.79 Å². The molecule has 0 atom stereocenters. The van der Waals surface area contributed by atoms with Crippen molar-refractivity contribution in [2.45, 2.75) is 12.1 Å². The number of carbonyl (C=O) groups is 1. The molecule has 0 aliphatic heterocycles. The molecule has 0 aliphatic rings. The molecule has 5 nitrogen and oxygen atoms in total. The molecule has 1 amide bonds. The number of nitrogens with one attached hydrogen (secondary N) is 1. The second-order valence-corrected chi connectivity index (χ2v) is 7.84. The normalized spacial score (nSPS) is 10.7. The number of anilines is 1. The van der Waals surface area contributed by atoms with Crippen molar-refractivity contribution in [1.29, 1.82) is 0 Å². The van der Waals surface area contributed by atoms with Crippen LogP contribution in [0, 0.1) is 6.92 Å². The molecule has 1 heterocycles. The summed E-state index contributed by atoms with van der Waals surface area (Å²) in [6.45, 7) is 2.02. The van der Waals surface area contributed by atoms with Gasteiger partial charge < -0.3 is 9.73 Å². The van der Waals surface area contributed by atoms with Crippen molar-refractivity contribution in [2.75, 3.05) is 11.1 Å². The Balaban J connectivity index is 1.57. The molecule has 3 rings (SSSR count). The summed E-state index contributed by atoms with van der Waals surface area (Å²) in [5.74, 6) is 0.484. The van der Waals surface area contributed by atoms with E-state index in [0.29, 0.717) is 16.8 Å².